The third-order valence-electron chi connectivity index (χ3n) is 5.21. The minimum absolute atomic E-state index is 0.0394. The van der Waals surface area contributed by atoms with Crippen LogP contribution in [0.1, 0.15) is 25.3 Å². The Labute approximate surface area is 157 Å². The summed E-state index contributed by atoms with van der Waals surface area (Å²) in [6.07, 6.45) is 1.63. The van der Waals surface area contributed by atoms with E-state index >= 15 is 0 Å². The first kappa shape index (κ1) is 17.4. The van der Waals surface area contributed by atoms with Gasteiger partial charge in [-0.05, 0) is 60.9 Å². The van der Waals surface area contributed by atoms with Crippen molar-refractivity contribution in [1.82, 2.24) is 25.3 Å². The smallest absolute Gasteiger partial charge is 0.230 e. The van der Waals surface area contributed by atoms with Crippen LogP contribution >= 0.6 is 0 Å². The molecule has 0 bridgehead atoms. The van der Waals surface area contributed by atoms with Gasteiger partial charge in [-0.25, -0.2) is 0 Å². The number of para-hydroxylation sites is 1. The van der Waals surface area contributed by atoms with Crippen LogP contribution in [0.2, 0.25) is 0 Å². The number of fused-ring (bicyclic) bond motifs is 1. The van der Waals surface area contributed by atoms with Crippen LogP contribution in [-0.2, 0) is 4.79 Å². The average molecular weight is 365 g/mol. The van der Waals surface area contributed by atoms with Crippen molar-refractivity contribution in [3.63, 3.8) is 0 Å². The van der Waals surface area contributed by atoms with Crippen molar-refractivity contribution in [3.8, 4) is 0 Å². The minimum atomic E-state index is 0.0394. The van der Waals surface area contributed by atoms with E-state index in [1.54, 1.807) is 0 Å². The van der Waals surface area contributed by atoms with Gasteiger partial charge in [0.1, 0.15) is 0 Å². The van der Waals surface area contributed by atoms with Crippen LogP contribution in [0.5, 0.6) is 0 Å². The van der Waals surface area contributed by atoms with Crippen molar-refractivity contribution >= 4 is 23.1 Å². The number of aromatic nitrogens is 5. The lowest BCUT2D eigenvalue weighted by Gasteiger charge is -2.34. The van der Waals surface area contributed by atoms with E-state index in [1.807, 2.05) is 42.2 Å². The maximum absolute atomic E-state index is 13.1. The summed E-state index contributed by atoms with van der Waals surface area (Å²) >= 11 is 0. The standard InChI is InChI=1S/C19H23N7O/c1-3-25(16-7-5-4-6-14(16)2)19(27)15-10-12-24(13-11-15)18-9-8-17-20-22-23-26(17)21-18/h4-9,15H,3,10-13H2,1-2H3. The van der Waals surface area contributed by atoms with Gasteiger partial charge >= 0.3 is 0 Å². The predicted molar refractivity (Wildman–Crippen MR) is 103 cm³/mol. The molecular formula is C19H23N7O. The number of tetrazole rings is 1. The van der Waals surface area contributed by atoms with Crippen LogP contribution in [0.25, 0.3) is 5.65 Å². The fourth-order valence-electron chi connectivity index (χ4n) is 3.70. The lowest BCUT2D eigenvalue weighted by molar-refractivity contribution is -0.122. The van der Waals surface area contributed by atoms with E-state index in [0.29, 0.717) is 12.2 Å². The molecule has 0 aliphatic carbocycles. The fraction of sp³-hybridized carbons (Fsp3) is 0.421. The number of piperidine rings is 1. The SMILES string of the molecule is CCN(C(=O)C1CCN(c2ccc3nnnn3n2)CC1)c1ccccc1C. The molecule has 8 nitrogen and oxygen atoms in total. The zero-order chi connectivity index (χ0) is 18.8. The van der Waals surface area contributed by atoms with Crippen LogP contribution in [0.15, 0.2) is 36.4 Å². The summed E-state index contributed by atoms with van der Waals surface area (Å²) in [6.45, 7) is 6.35. The first-order chi connectivity index (χ1) is 13.2. The van der Waals surface area contributed by atoms with Gasteiger partial charge in [0.05, 0.1) is 0 Å². The second-order valence-electron chi connectivity index (χ2n) is 6.85. The van der Waals surface area contributed by atoms with Crippen molar-refractivity contribution < 1.29 is 4.79 Å². The third kappa shape index (κ3) is 3.34. The molecular weight excluding hydrogens is 342 g/mol. The first-order valence-corrected chi connectivity index (χ1v) is 9.34. The van der Waals surface area contributed by atoms with Crippen LogP contribution in [0, 0.1) is 12.8 Å². The van der Waals surface area contributed by atoms with Gasteiger partial charge in [-0.1, -0.05) is 18.2 Å². The van der Waals surface area contributed by atoms with Gasteiger partial charge in [-0.2, -0.15) is 0 Å². The van der Waals surface area contributed by atoms with Crippen molar-refractivity contribution in [1.29, 1.82) is 0 Å². The number of hydrogen-bond donors (Lipinski definition) is 0. The number of anilines is 2. The number of rotatable bonds is 4. The molecule has 0 unspecified atom stereocenters. The van der Waals surface area contributed by atoms with E-state index in [4.69, 9.17) is 0 Å². The van der Waals surface area contributed by atoms with Crippen LogP contribution in [0.4, 0.5) is 11.5 Å². The highest BCUT2D eigenvalue weighted by molar-refractivity contribution is 5.95. The number of carbonyl (C=O) groups is 1. The molecule has 3 heterocycles. The lowest BCUT2D eigenvalue weighted by Crippen LogP contribution is -2.43. The number of hydrogen-bond acceptors (Lipinski definition) is 6. The van der Waals surface area contributed by atoms with Gasteiger partial charge in [0.2, 0.25) is 5.91 Å². The molecule has 1 saturated heterocycles. The minimum Gasteiger partial charge on any atom is -0.355 e. The van der Waals surface area contributed by atoms with Crippen LogP contribution in [-0.4, -0.2) is 50.8 Å². The Balaban J connectivity index is 1.45. The molecule has 3 aromatic rings. The Kier molecular flexibility index (Phi) is 4.70. The van der Waals surface area contributed by atoms with Crippen molar-refractivity contribution in [2.75, 3.05) is 29.4 Å². The van der Waals surface area contributed by atoms with E-state index < -0.39 is 0 Å². The molecule has 0 spiro atoms. The Morgan fingerprint density at radius 1 is 1.19 bits per heavy atom. The molecule has 8 heteroatoms. The zero-order valence-electron chi connectivity index (χ0n) is 15.6. The molecule has 0 saturated carbocycles. The third-order valence-corrected chi connectivity index (χ3v) is 5.21. The topological polar surface area (TPSA) is 79.5 Å². The summed E-state index contributed by atoms with van der Waals surface area (Å²) < 4.78 is 1.43. The monoisotopic (exact) mass is 365 g/mol. The van der Waals surface area contributed by atoms with Crippen LogP contribution in [0.3, 0.4) is 0 Å². The van der Waals surface area contributed by atoms with Gasteiger partial charge in [0.15, 0.2) is 11.5 Å². The van der Waals surface area contributed by atoms with Gasteiger partial charge in [-0.15, -0.1) is 14.8 Å². The lowest BCUT2D eigenvalue weighted by atomic mass is 9.94. The van der Waals surface area contributed by atoms with E-state index in [1.165, 1.54) is 4.63 Å². The number of carbonyl (C=O) groups excluding carboxylic acids is 1. The Morgan fingerprint density at radius 2 is 1.96 bits per heavy atom. The molecule has 1 amide bonds. The molecule has 0 atom stereocenters. The highest BCUT2D eigenvalue weighted by Gasteiger charge is 2.29. The normalized spacial score (nSPS) is 15.3. The quantitative estimate of drug-likeness (QED) is 0.704. The number of aryl methyl sites for hydroxylation is 1. The molecule has 1 aliphatic heterocycles. The first-order valence-electron chi connectivity index (χ1n) is 9.34. The summed E-state index contributed by atoms with van der Waals surface area (Å²) in [4.78, 5) is 17.2. The van der Waals surface area contributed by atoms with Crippen LogP contribution < -0.4 is 9.80 Å². The Bertz CT molecular complexity index is 946. The summed E-state index contributed by atoms with van der Waals surface area (Å²) in [7, 11) is 0. The van der Waals surface area contributed by atoms with Crippen molar-refractivity contribution in [3.05, 3.63) is 42.0 Å². The fourth-order valence-corrected chi connectivity index (χ4v) is 3.70. The van der Waals surface area contributed by atoms with Crippen molar-refractivity contribution in [2.24, 2.45) is 5.92 Å². The van der Waals surface area contributed by atoms with Crippen molar-refractivity contribution in [2.45, 2.75) is 26.7 Å². The van der Waals surface area contributed by atoms with Gasteiger partial charge < -0.3 is 9.80 Å². The molecule has 140 valence electrons. The number of benzene rings is 1. The molecule has 0 radical (unpaired) electrons. The molecule has 0 N–H and O–H groups in total. The molecule has 27 heavy (non-hydrogen) atoms. The molecule has 1 aliphatic rings. The second-order valence-corrected chi connectivity index (χ2v) is 6.85. The molecule has 1 fully saturated rings. The second kappa shape index (κ2) is 7.30. The summed E-state index contributed by atoms with van der Waals surface area (Å²) in [5.41, 5.74) is 2.77. The van der Waals surface area contributed by atoms with Gasteiger partial charge in [0.25, 0.3) is 0 Å². The summed E-state index contributed by atoms with van der Waals surface area (Å²) in [5, 5.41) is 15.8. The Hall–Kier alpha value is -3.03. The van der Waals surface area contributed by atoms with Gasteiger partial charge in [-0.3, -0.25) is 4.79 Å². The molecule has 4 rings (SSSR count). The Morgan fingerprint density at radius 3 is 2.70 bits per heavy atom. The zero-order valence-corrected chi connectivity index (χ0v) is 15.6. The van der Waals surface area contributed by atoms with E-state index in [-0.39, 0.29) is 11.8 Å². The predicted octanol–water partition coefficient (Wildman–Crippen LogP) is 2.10. The summed E-state index contributed by atoms with van der Waals surface area (Å²) in [6, 6.07) is 11.9. The van der Waals surface area contributed by atoms with Gasteiger partial charge in [0, 0.05) is 31.2 Å². The van der Waals surface area contributed by atoms with E-state index in [9.17, 15) is 4.79 Å². The largest absolute Gasteiger partial charge is 0.355 e. The highest BCUT2D eigenvalue weighted by atomic mass is 16.2. The maximum atomic E-state index is 13.1. The highest BCUT2D eigenvalue weighted by Crippen LogP contribution is 2.27. The molecule has 2 aromatic heterocycles. The average Bonchev–Trinajstić information content (AvgIpc) is 3.18. The number of amides is 1. The molecule has 1 aromatic carbocycles. The van der Waals surface area contributed by atoms with E-state index in [0.717, 1.165) is 43.0 Å². The summed E-state index contributed by atoms with van der Waals surface area (Å²) in [5.74, 6) is 1.10. The number of nitrogens with zero attached hydrogens (tertiary/aromatic N) is 7. The van der Waals surface area contributed by atoms with E-state index in [2.05, 4.69) is 38.5 Å². The maximum Gasteiger partial charge on any atom is 0.230 e.